The summed E-state index contributed by atoms with van der Waals surface area (Å²) in [6, 6.07) is 2.32. The van der Waals surface area contributed by atoms with Gasteiger partial charge >= 0.3 is 0 Å². The Labute approximate surface area is 146 Å². The van der Waals surface area contributed by atoms with Gasteiger partial charge in [0.2, 0.25) is 0 Å². The third-order valence-electron chi connectivity index (χ3n) is 5.04. The number of aryl methyl sites for hydroxylation is 1. The van der Waals surface area contributed by atoms with E-state index in [1.165, 1.54) is 11.3 Å². The lowest BCUT2D eigenvalue weighted by molar-refractivity contribution is 0.0733. The molecule has 0 N–H and O–H groups in total. The van der Waals surface area contributed by atoms with Gasteiger partial charge in [-0.1, -0.05) is 0 Å². The predicted octanol–water partition coefficient (Wildman–Crippen LogP) is 2.81. The number of amides is 1. The monoisotopic (exact) mass is 342 g/mol. The number of likely N-dealkylation sites (tertiary alicyclic amines) is 1. The molecule has 1 fully saturated rings. The smallest absolute Gasteiger partial charge is 0.255 e. The molecule has 0 bridgehead atoms. The minimum atomic E-state index is 0.115. The summed E-state index contributed by atoms with van der Waals surface area (Å²) in [5.41, 5.74) is 3.00. The lowest BCUT2D eigenvalue weighted by atomic mass is 10.1. The van der Waals surface area contributed by atoms with Gasteiger partial charge in [0.25, 0.3) is 5.91 Å². The number of fused-ring (bicyclic) bond motifs is 1. The molecule has 126 valence electrons. The second kappa shape index (κ2) is 6.26. The number of hydrogen-bond donors (Lipinski definition) is 0. The van der Waals surface area contributed by atoms with Crippen LogP contribution in [0.15, 0.2) is 17.6 Å². The van der Waals surface area contributed by atoms with Crippen LogP contribution < -0.4 is 0 Å². The Hall–Kier alpha value is -1.79. The Bertz CT molecular complexity index is 772. The minimum absolute atomic E-state index is 0.115. The Morgan fingerprint density at radius 3 is 2.96 bits per heavy atom. The summed E-state index contributed by atoms with van der Waals surface area (Å²) in [5, 5.41) is 1.95. The molecule has 0 radical (unpaired) electrons. The fraction of sp³-hybridized carbons (Fsp3) is 0.500. The molecule has 1 amide bonds. The summed E-state index contributed by atoms with van der Waals surface area (Å²) in [7, 11) is 2.14. The quantitative estimate of drug-likeness (QED) is 0.842. The molecule has 4 heterocycles. The molecule has 0 aromatic carbocycles. The van der Waals surface area contributed by atoms with Crippen molar-refractivity contribution >= 4 is 17.2 Å². The van der Waals surface area contributed by atoms with Crippen LogP contribution in [0.2, 0.25) is 0 Å². The van der Waals surface area contributed by atoms with E-state index in [-0.39, 0.29) is 5.91 Å². The molecule has 1 saturated heterocycles. The van der Waals surface area contributed by atoms with Crippen LogP contribution in [0.1, 0.15) is 51.2 Å². The average Bonchev–Trinajstić information content (AvgIpc) is 3.21. The first-order chi connectivity index (χ1) is 11.6. The van der Waals surface area contributed by atoms with Gasteiger partial charge in [-0.3, -0.25) is 9.69 Å². The van der Waals surface area contributed by atoms with Gasteiger partial charge in [0.05, 0.1) is 17.3 Å². The molecule has 2 aromatic rings. The zero-order valence-corrected chi connectivity index (χ0v) is 15.0. The van der Waals surface area contributed by atoms with E-state index in [0.29, 0.717) is 12.6 Å². The highest BCUT2D eigenvalue weighted by molar-refractivity contribution is 7.10. The van der Waals surface area contributed by atoms with Crippen LogP contribution in [0.4, 0.5) is 0 Å². The van der Waals surface area contributed by atoms with Crippen molar-refractivity contribution in [2.45, 2.75) is 38.8 Å². The molecule has 6 heteroatoms. The van der Waals surface area contributed by atoms with Crippen molar-refractivity contribution in [3.05, 3.63) is 45.2 Å². The van der Waals surface area contributed by atoms with E-state index in [1.54, 1.807) is 11.3 Å². The topological polar surface area (TPSA) is 49.3 Å². The molecular weight excluding hydrogens is 320 g/mol. The number of aromatic nitrogens is 2. The normalized spacial score (nSPS) is 21.1. The second-order valence-corrected chi connectivity index (χ2v) is 7.88. The van der Waals surface area contributed by atoms with Crippen LogP contribution in [0, 0.1) is 6.92 Å². The van der Waals surface area contributed by atoms with Crippen molar-refractivity contribution in [3.8, 4) is 0 Å². The summed E-state index contributed by atoms with van der Waals surface area (Å²) < 4.78 is 0. The maximum atomic E-state index is 12.6. The van der Waals surface area contributed by atoms with Gasteiger partial charge in [0, 0.05) is 41.5 Å². The number of hydrogen-bond acceptors (Lipinski definition) is 5. The largest absolute Gasteiger partial charge is 0.334 e. The highest BCUT2D eigenvalue weighted by atomic mass is 32.1. The number of rotatable bonds is 2. The molecule has 2 aromatic heterocycles. The lowest BCUT2D eigenvalue weighted by Crippen LogP contribution is -2.36. The van der Waals surface area contributed by atoms with Gasteiger partial charge in [0.15, 0.2) is 0 Å². The standard InChI is InChI=1S/C18H22N4OS/c1-12-8-13(11-24-12)18(23)22-7-5-15-14(10-22)9-19-17(20-15)16-4-3-6-21(16)2/h8-9,11,16H,3-7,10H2,1-2H3/t16-/m1/s1. The third-order valence-corrected chi connectivity index (χ3v) is 5.90. The number of nitrogens with zero attached hydrogens (tertiary/aromatic N) is 4. The first-order valence-electron chi connectivity index (χ1n) is 8.51. The van der Waals surface area contributed by atoms with E-state index in [9.17, 15) is 4.79 Å². The van der Waals surface area contributed by atoms with Crippen molar-refractivity contribution in [1.82, 2.24) is 19.8 Å². The van der Waals surface area contributed by atoms with E-state index < -0.39 is 0 Å². The average molecular weight is 342 g/mol. The number of thiophene rings is 1. The van der Waals surface area contributed by atoms with E-state index in [1.807, 2.05) is 29.5 Å². The van der Waals surface area contributed by atoms with Crippen LogP contribution in [-0.4, -0.2) is 45.8 Å². The third kappa shape index (κ3) is 2.84. The van der Waals surface area contributed by atoms with Gasteiger partial charge < -0.3 is 4.90 Å². The maximum absolute atomic E-state index is 12.6. The molecule has 0 spiro atoms. The Balaban J connectivity index is 1.52. The van der Waals surface area contributed by atoms with E-state index in [4.69, 9.17) is 4.98 Å². The molecule has 1 atom stereocenters. The lowest BCUT2D eigenvalue weighted by Gasteiger charge is -2.28. The van der Waals surface area contributed by atoms with E-state index in [0.717, 1.165) is 48.6 Å². The van der Waals surface area contributed by atoms with Crippen molar-refractivity contribution in [2.24, 2.45) is 0 Å². The molecule has 5 nitrogen and oxygen atoms in total. The summed E-state index contributed by atoms with van der Waals surface area (Å²) in [5.74, 6) is 1.06. The predicted molar refractivity (Wildman–Crippen MR) is 94.1 cm³/mol. The first-order valence-corrected chi connectivity index (χ1v) is 9.39. The number of carbonyl (C=O) groups is 1. The van der Waals surface area contributed by atoms with Gasteiger partial charge in [-0.2, -0.15) is 0 Å². The van der Waals surface area contributed by atoms with Crippen LogP contribution in [0.3, 0.4) is 0 Å². The highest BCUT2D eigenvalue weighted by Gasteiger charge is 2.28. The van der Waals surface area contributed by atoms with E-state index in [2.05, 4.69) is 16.9 Å². The SMILES string of the molecule is Cc1cc(C(=O)N2CCc3nc([C@H]4CCCN4C)ncc3C2)cs1. The molecule has 2 aliphatic rings. The zero-order valence-electron chi connectivity index (χ0n) is 14.2. The van der Waals surface area contributed by atoms with Crippen LogP contribution >= 0.6 is 11.3 Å². The second-order valence-electron chi connectivity index (χ2n) is 6.76. The van der Waals surface area contributed by atoms with Gasteiger partial charge in [-0.05, 0) is 39.4 Å². The Morgan fingerprint density at radius 1 is 1.38 bits per heavy atom. The molecular formula is C18H22N4OS. The molecule has 0 aliphatic carbocycles. The maximum Gasteiger partial charge on any atom is 0.255 e. The summed E-state index contributed by atoms with van der Waals surface area (Å²) in [4.78, 5) is 27.5. The van der Waals surface area contributed by atoms with Crippen molar-refractivity contribution in [1.29, 1.82) is 0 Å². The van der Waals surface area contributed by atoms with Crippen LogP contribution in [0.25, 0.3) is 0 Å². The highest BCUT2D eigenvalue weighted by Crippen LogP contribution is 2.29. The molecule has 24 heavy (non-hydrogen) atoms. The number of carbonyl (C=O) groups excluding carboxylic acids is 1. The Kier molecular flexibility index (Phi) is 4.10. The van der Waals surface area contributed by atoms with Crippen molar-refractivity contribution in [2.75, 3.05) is 20.1 Å². The van der Waals surface area contributed by atoms with Gasteiger partial charge in [-0.15, -0.1) is 11.3 Å². The van der Waals surface area contributed by atoms with Crippen LogP contribution in [0.5, 0.6) is 0 Å². The summed E-state index contributed by atoms with van der Waals surface area (Å²) in [6.07, 6.45) is 5.10. The fourth-order valence-corrected chi connectivity index (χ4v) is 4.32. The van der Waals surface area contributed by atoms with Crippen molar-refractivity contribution < 1.29 is 4.79 Å². The van der Waals surface area contributed by atoms with Crippen molar-refractivity contribution in [3.63, 3.8) is 0 Å². The summed E-state index contributed by atoms with van der Waals surface area (Å²) >= 11 is 1.62. The molecule has 2 aliphatic heterocycles. The summed E-state index contributed by atoms with van der Waals surface area (Å²) in [6.45, 7) is 4.50. The van der Waals surface area contributed by atoms with Crippen LogP contribution in [-0.2, 0) is 13.0 Å². The first kappa shape index (κ1) is 15.7. The van der Waals surface area contributed by atoms with Gasteiger partial charge in [-0.25, -0.2) is 9.97 Å². The Morgan fingerprint density at radius 2 is 2.25 bits per heavy atom. The fourth-order valence-electron chi connectivity index (χ4n) is 3.64. The van der Waals surface area contributed by atoms with E-state index >= 15 is 0 Å². The molecule has 0 unspecified atom stereocenters. The van der Waals surface area contributed by atoms with Gasteiger partial charge in [0.1, 0.15) is 5.82 Å². The minimum Gasteiger partial charge on any atom is -0.334 e. The molecule has 4 rings (SSSR count). The zero-order chi connectivity index (χ0) is 16.7. The molecule has 0 saturated carbocycles.